The van der Waals surface area contributed by atoms with Crippen LogP contribution in [0.4, 0.5) is 5.69 Å². The van der Waals surface area contributed by atoms with Crippen molar-refractivity contribution >= 4 is 11.6 Å². The Labute approximate surface area is 118 Å². The predicted octanol–water partition coefficient (Wildman–Crippen LogP) is 1.76. The van der Waals surface area contributed by atoms with E-state index in [0.29, 0.717) is 0 Å². The molecule has 0 aliphatic carbocycles. The first-order valence-electron chi connectivity index (χ1n) is 6.73. The van der Waals surface area contributed by atoms with Crippen LogP contribution in [0.2, 0.25) is 0 Å². The number of benzene rings is 1. The van der Waals surface area contributed by atoms with Crippen molar-refractivity contribution in [3.63, 3.8) is 0 Å². The first kappa shape index (κ1) is 12.8. The van der Waals surface area contributed by atoms with Crippen molar-refractivity contribution in [2.24, 2.45) is 0 Å². The molecular weight excluding hydrogens is 250 g/mol. The van der Waals surface area contributed by atoms with Gasteiger partial charge in [0.05, 0.1) is 17.9 Å². The van der Waals surface area contributed by atoms with Gasteiger partial charge >= 0.3 is 0 Å². The summed E-state index contributed by atoms with van der Waals surface area (Å²) in [4.78, 5) is 18.3. The van der Waals surface area contributed by atoms with Crippen molar-refractivity contribution in [1.29, 1.82) is 0 Å². The molecule has 0 saturated carbocycles. The minimum absolute atomic E-state index is 0.0764. The van der Waals surface area contributed by atoms with E-state index in [4.69, 9.17) is 0 Å². The zero-order chi connectivity index (χ0) is 13.9. The molecular formula is C16H17N3O. The van der Waals surface area contributed by atoms with Gasteiger partial charge in [0, 0.05) is 19.8 Å². The van der Waals surface area contributed by atoms with Crippen LogP contribution < -0.4 is 10.2 Å². The number of rotatable bonds is 2. The van der Waals surface area contributed by atoms with Gasteiger partial charge in [-0.2, -0.15) is 0 Å². The molecule has 1 aromatic carbocycles. The molecule has 0 unspecified atom stereocenters. The van der Waals surface area contributed by atoms with Crippen LogP contribution in [0.5, 0.6) is 0 Å². The largest absolute Gasteiger partial charge is 0.313 e. The lowest BCUT2D eigenvalue weighted by atomic mass is 9.95. The maximum absolute atomic E-state index is 12.5. The summed E-state index contributed by atoms with van der Waals surface area (Å²) in [6.45, 7) is 0.744. The number of nitrogens with zero attached hydrogens (tertiary/aromatic N) is 2. The number of aromatic nitrogens is 1. The second-order valence-electron chi connectivity index (χ2n) is 5.01. The fourth-order valence-corrected chi connectivity index (χ4v) is 2.54. The maximum atomic E-state index is 12.5. The number of pyridine rings is 1. The standard InChI is InChI=1S/C16H17N3O/c1-19(14-7-4-8-17-11-14)16(20)15-9-12-5-2-3-6-13(12)10-18-15/h2-8,11,15,18H,9-10H2,1H3/t15-/m1/s1. The summed E-state index contributed by atoms with van der Waals surface area (Å²) in [5, 5.41) is 3.31. The van der Waals surface area contributed by atoms with Gasteiger partial charge in [0.15, 0.2) is 0 Å². The summed E-state index contributed by atoms with van der Waals surface area (Å²) < 4.78 is 0. The van der Waals surface area contributed by atoms with Crippen LogP contribution >= 0.6 is 0 Å². The minimum Gasteiger partial charge on any atom is -0.313 e. The lowest BCUT2D eigenvalue weighted by Crippen LogP contribution is -2.48. The summed E-state index contributed by atoms with van der Waals surface area (Å²) in [6.07, 6.45) is 4.14. The molecule has 1 aromatic heterocycles. The Balaban J connectivity index is 1.76. The van der Waals surface area contributed by atoms with Crippen molar-refractivity contribution in [1.82, 2.24) is 10.3 Å². The van der Waals surface area contributed by atoms with E-state index in [0.717, 1.165) is 18.7 Å². The van der Waals surface area contributed by atoms with Crippen LogP contribution in [0.3, 0.4) is 0 Å². The highest BCUT2D eigenvalue weighted by Gasteiger charge is 2.26. The Kier molecular flexibility index (Phi) is 3.48. The summed E-state index contributed by atoms with van der Waals surface area (Å²) >= 11 is 0. The van der Waals surface area contributed by atoms with Crippen LogP contribution in [0, 0.1) is 0 Å². The molecule has 1 aliphatic rings. The van der Waals surface area contributed by atoms with E-state index in [1.807, 2.05) is 24.3 Å². The zero-order valence-electron chi connectivity index (χ0n) is 11.4. The fourth-order valence-electron chi connectivity index (χ4n) is 2.54. The van der Waals surface area contributed by atoms with E-state index in [2.05, 4.69) is 22.4 Å². The highest BCUT2D eigenvalue weighted by Crippen LogP contribution is 2.19. The van der Waals surface area contributed by atoms with Crippen molar-refractivity contribution < 1.29 is 4.79 Å². The van der Waals surface area contributed by atoms with E-state index in [9.17, 15) is 4.79 Å². The van der Waals surface area contributed by atoms with E-state index in [1.165, 1.54) is 11.1 Å². The molecule has 4 heteroatoms. The predicted molar refractivity (Wildman–Crippen MR) is 78.4 cm³/mol. The molecule has 1 amide bonds. The second-order valence-corrected chi connectivity index (χ2v) is 5.01. The normalized spacial score (nSPS) is 17.4. The number of nitrogens with one attached hydrogen (secondary N) is 1. The van der Waals surface area contributed by atoms with E-state index in [1.54, 1.807) is 24.3 Å². The number of anilines is 1. The Bertz CT molecular complexity index is 612. The molecule has 1 N–H and O–H groups in total. The molecule has 4 nitrogen and oxygen atoms in total. The van der Waals surface area contributed by atoms with Gasteiger partial charge in [-0.25, -0.2) is 0 Å². The van der Waals surface area contributed by atoms with Gasteiger partial charge < -0.3 is 10.2 Å². The number of carbonyl (C=O) groups excluding carboxylic acids is 1. The highest BCUT2D eigenvalue weighted by atomic mass is 16.2. The molecule has 0 bridgehead atoms. The van der Waals surface area contributed by atoms with Crippen LogP contribution in [0.1, 0.15) is 11.1 Å². The molecule has 0 fully saturated rings. The third-order valence-corrected chi connectivity index (χ3v) is 3.74. The monoisotopic (exact) mass is 267 g/mol. The third-order valence-electron chi connectivity index (χ3n) is 3.74. The van der Waals surface area contributed by atoms with Gasteiger partial charge in [0.2, 0.25) is 5.91 Å². The summed E-state index contributed by atoms with van der Waals surface area (Å²) in [5.74, 6) is 0.0764. The van der Waals surface area contributed by atoms with Crippen LogP contribution in [0.25, 0.3) is 0 Å². The second kappa shape index (κ2) is 5.43. The van der Waals surface area contributed by atoms with Gasteiger partial charge in [0.25, 0.3) is 0 Å². The van der Waals surface area contributed by atoms with Gasteiger partial charge in [-0.3, -0.25) is 9.78 Å². The summed E-state index contributed by atoms with van der Waals surface area (Å²) in [5.41, 5.74) is 3.35. The smallest absolute Gasteiger partial charge is 0.244 e. The lowest BCUT2D eigenvalue weighted by molar-refractivity contribution is -0.120. The summed E-state index contributed by atoms with van der Waals surface area (Å²) in [6, 6.07) is 11.8. The van der Waals surface area contributed by atoms with E-state index < -0.39 is 0 Å². The molecule has 0 radical (unpaired) electrons. The average Bonchev–Trinajstić information content (AvgIpc) is 2.54. The number of amides is 1. The van der Waals surface area contributed by atoms with Crippen molar-refractivity contribution in [3.05, 3.63) is 59.9 Å². The quantitative estimate of drug-likeness (QED) is 0.901. The topological polar surface area (TPSA) is 45.2 Å². The van der Waals surface area contributed by atoms with Gasteiger partial charge in [-0.15, -0.1) is 0 Å². The highest BCUT2D eigenvalue weighted by molar-refractivity contribution is 5.96. The fraction of sp³-hybridized carbons (Fsp3) is 0.250. The molecule has 3 rings (SSSR count). The molecule has 102 valence electrons. The number of fused-ring (bicyclic) bond motifs is 1. The van der Waals surface area contributed by atoms with Crippen molar-refractivity contribution in [3.8, 4) is 0 Å². The summed E-state index contributed by atoms with van der Waals surface area (Å²) in [7, 11) is 1.79. The van der Waals surface area contributed by atoms with Crippen molar-refractivity contribution in [2.75, 3.05) is 11.9 Å². The Morgan fingerprint density at radius 1 is 1.25 bits per heavy atom. The SMILES string of the molecule is CN(C(=O)[C@H]1Cc2ccccc2CN1)c1cccnc1. The van der Waals surface area contributed by atoms with Gasteiger partial charge in [0.1, 0.15) is 0 Å². The molecule has 1 atom stereocenters. The zero-order valence-corrected chi connectivity index (χ0v) is 11.4. The number of hydrogen-bond donors (Lipinski definition) is 1. The number of hydrogen-bond acceptors (Lipinski definition) is 3. The van der Waals surface area contributed by atoms with Crippen molar-refractivity contribution in [2.45, 2.75) is 19.0 Å². The molecule has 2 aromatic rings. The lowest BCUT2D eigenvalue weighted by Gasteiger charge is -2.28. The van der Waals surface area contributed by atoms with Gasteiger partial charge in [-0.1, -0.05) is 24.3 Å². The number of likely N-dealkylation sites (N-methyl/N-ethyl adjacent to an activating group) is 1. The Hall–Kier alpha value is -2.20. The van der Waals surface area contributed by atoms with E-state index >= 15 is 0 Å². The maximum Gasteiger partial charge on any atom is 0.244 e. The Morgan fingerprint density at radius 3 is 2.80 bits per heavy atom. The number of carbonyl (C=O) groups is 1. The van der Waals surface area contributed by atoms with E-state index in [-0.39, 0.29) is 11.9 Å². The Morgan fingerprint density at radius 2 is 2.05 bits per heavy atom. The first-order valence-corrected chi connectivity index (χ1v) is 6.73. The van der Waals surface area contributed by atoms with Crippen LogP contribution in [-0.2, 0) is 17.8 Å². The molecule has 20 heavy (non-hydrogen) atoms. The average molecular weight is 267 g/mol. The molecule has 2 heterocycles. The first-order chi connectivity index (χ1) is 9.75. The van der Waals surface area contributed by atoms with Crippen LogP contribution in [0.15, 0.2) is 48.8 Å². The third kappa shape index (κ3) is 2.42. The molecule has 1 aliphatic heterocycles. The minimum atomic E-state index is -0.171. The molecule has 0 spiro atoms. The van der Waals surface area contributed by atoms with Crippen LogP contribution in [-0.4, -0.2) is 24.0 Å². The van der Waals surface area contributed by atoms with Gasteiger partial charge in [-0.05, 0) is 29.7 Å². The molecule has 0 saturated heterocycles.